The fourth-order valence-corrected chi connectivity index (χ4v) is 3.70. The van der Waals surface area contributed by atoms with Crippen molar-refractivity contribution in [2.24, 2.45) is 5.92 Å². The molecule has 3 fully saturated rings. The Morgan fingerprint density at radius 1 is 1.31 bits per heavy atom. The van der Waals surface area contributed by atoms with Crippen LogP contribution in [0.4, 0.5) is 8.78 Å². The summed E-state index contributed by atoms with van der Waals surface area (Å²) in [6.45, 7) is 1.72. The lowest BCUT2D eigenvalue weighted by molar-refractivity contribution is -0.135. The number of hydrogen-bond donors (Lipinski definition) is 2. The van der Waals surface area contributed by atoms with Gasteiger partial charge in [-0.15, -0.1) is 0 Å². The van der Waals surface area contributed by atoms with Gasteiger partial charge in [-0.25, -0.2) is 8.78 Å². The van der Waals surface area contributed by atoms with Gasteiger partial charge in [0.1, 0.15) is 12.1 Å². The average Bonchev–Trinajstić information content (AvgIpc) is 3.14. The third kappa shape index (κ3) is 3.77. The highest BCUT2D eigenvalue weighted by Gasteiger charge is 2.50. The fourth-order valence-electron chi connectivity index (χ4n) is 3.70. The zero-order valence-electron chi connectivity index (χ0n) is 14.2. The SMILES string of the molecule is N#C[C@@H]1CC(F)(F)CN1C(=O)[C@@H]1C[C@@H](CC(=O)N2CCNCC2)C(=O)N1. The first-order chi connectivity index (χ1) is 12.3. The van der Waals surface area contributed by atoms with Crippen molar-refractivity contribution < 1.29 is 23.2 Å². The minimum Gasteiger partial charge on any atom is -0.344 e. The number of alkyl halides is 2. The Morgan fingerprint density at radius 3 is 2.65 bits per heavy atom. The third-order valence-corrected chi connectivity index (χ3v) is 5.10. The van der Waals surface area contributed by atoms with Crippen LogP contribution in [0.5, 0.6) is 0 Å². The number of carbonyl (C=O) groups is 3. The highest BCUT2D eigenvalue weighted by molar-refractivity contribution is 5.94. The van der Waals surface area contributed by atoms with Crippen LogP contribution in [0.3, 0.4) is 0 Å². The van der Waals surface area contributed by atoms with Crippen LogP contribution >= 0.6 is 0 Å². The fraction of sp³-hybridized carbons (Fsp3) is 0.750. The van der Waals surface area contributed by atoms with Gasteiger partial charge in [0.05, 0.1) is 12.6 Å². The molecule has 0 aromatic heterocycles. The van der Waals surface area contributed by atoms with Crippen molar-refractivity contribution in [3.63, 3.8) is 0 Å². The summed E-state index contributed by atoms with van der Waals surface area (Å²) in [5.74, 6) is -5.01. The number of halogens is 2. The number of rotatable bonds is 3. The van der Waals surface area contributed by atoms with Gasteiger partial charge in [0, 0.05) is 44.9 Å². The van der Waals surface area contributed by atoms with Gasteiger partial charge in [-0.2, -0.15) is 5.26 Å². The predicted molar refractivity (Wildman–Crippen MR) is 84.8 cm³/mol. The van der Waals surface area contributed by atoms with Gasteiger partial charge in [0.15, 0.2) is 0 Å². The molecule has 3 amide bonds. The Morgan fingerprint density at radius 2 is 2.00 bits per heavy atom. The lowest BCUT2D eigenvalue weighted by Crippen LogP contribution is -2.47. The minimum atomic E-state index is -3.10. The van der Waals surface area contributed by atoms with E-state index in [1.807, 2.05) is 0 Å². The summed E-state index contributed by atoms with van der Waals surface area (Å²) in [5.41, 5.74) is 0. The first-order valence-corrected chi connectivity index (χ1v) is 8.67. The highest BCUT2D eigenvalue weighted by Crippen LogP contribution is 2.33. The molecule has 142 valence electrons. The molecule has 0 spiro atoms. The maximum atomic E-state index is 13.5. The number of amides is 3. The first kappa shape index (κ1) is 18.5. The lowest BCUT2D eigenvalue weighted by Gasteiger charge is -2.28. The third-order valence-electron chi connectivity index (χ3n) is 5.10. The van der Waals surface area contributed by atoms with Crippen LogP contribution < -0.4 is 10.6 Å². The number of carbonyl (C=O) groups excluding carboxylic acids is 3. The van der Waals surface area contributed by atoms with Crippen LogP contribution in [0, 0.1) is 17.2 Å². The predicted octanol–water partition coefficient (Wildman–Crippen LogP) is -0.927. The first-order valence-electron chi connectivity index (χ1n) is 8.67. The molecular formula is C16H21F2N5O3. The van der Waals surface area contributed by atoms with Crippen LogP contribution in [0.2, 0.25) is 0 Å². The molecule has 8 nitrogen and oxygen atoms in total. The monoisotopic (exact) mass is 369 g/mol. The molecular weight excluding hydrogens is 348 g/mol. The number of nitrogens with one attached hydrogen (secondary N) is 2. The second-order valence-corrected chi connectivity index (χ2v) is 7.00. The van der Waals surface area contributed by atoms with Gasteiger partial charge in [-0.1, -0.05) is 0 Å². The van der Waals surface area contributed by atoms with Gasteiger partial charge >= 0.3 is 0 Å². The summed E-state index contributed by atoms with van der Waals surface area (Å²) < 4.78 is 27.0. The molecule has 26 heavy (non-hydrogen) atoms. The summed E-state index contributed by atoms with van der Waals surface area (Å²) in [6, 6.07) is -0.446. The van der Waals surface area contributed by atoms with Crippen LogP contribution in [0.15, 0.2) is 0 Å². The molecule has 3 rings (SSSR count). The summed E-state index contributed by atoms with van der Waals surface area (Å²) in [5, 5.41) is 14.6. The maximum Gasteiger partial charge on any atom is 0.268 e. The molecule has 3 saturated heterocycles. The lowest BCUT2D eigenvalue weighted by atomic mass is 9.99. The molecule has 0 saturated carbocycles. The normalized spacial score (nSPS) is 30.8. The number of piperazine rings is 1. The van der Waals surface area contributed by atoms with Crippen molar-refractivity contribution in [3.8, 4) is 6.07 Å². The summed E-state index contributed by atoms with van der Waals surface area (Å²) in [4.78, 5) is 39.4. The van der Waals surface area contributed by atoms with E-state index in [2.05, 4.69) is 10.6 Å². The largest absolute Gasteiger partial charge is 0.344 e. The quantitative estimate of drug-likeness (QED) is 0.669. The topological polar surface area (TPSA) is 106 Å². The molecule has 3 heterocycles. The van der Waals surface area contributed by atoms with Gasteiger partial charge in [0.2, 0.25) is 17.7 Å². The van der Waals surface area contributed by atoms with Crippen LogP contribution in [-0.2, 0) is 14.4 Å². The van der Waals surface area contributed by atoms with Gasteiger partial charge in [-0.3, -0.25) is 14.4 Å². The van der Waals surface area contributed by atoms with E-state index in [1.165, 1.54) is 0 Å². The molecule has 0 aromatic rings. The van der Waals surface area contributed by atoms with Crippen molar-refractivity contribution >= 4 is 17.7 Å². The zero-order valence-corrected chi connectivity index (χ0v) is 14.2. The number of nitrogens with zero attached hydrogens (tertiary/aromatic N) is 3. The number of nitriles is 1. The summed E-state index contributed by atoms with van der Waals surface area (Å²) >= 11 is 0. The molecule has 2 N–H and O–H groups in total. The molecule has 3 atom stereocenters. The Bertz CT molecular complexity index is 644. The van der Waals surface area contributed by atoms with E-state index in [9.17, 15) is 23.2 Å². The number of likely N-dealkylation sites (tertiary alicyclic amines) is 1. The van der Waals surface area contributed by atoms with E-state index in [0.29, 0.717) is 26.2 Å². The van der Waals surface area contributed by atoms with Crippen molar-refractivity contribution in [2.45, 2.75) is 37.3 Å². The second kappa shape index (κ2) is 7.15. The Kier molecular flexibility index (Phi) is 5.09. The van der Waals surface area contributed by atoms with E-state index in [1.54, 1.807) is 11.0 Å². The van der Waals surface area contributed by atoms with Crippen molar-refractivity contribution in [1.82, 2.24) is 20.4 Å². The molecule has 0 aromatic carbocycles. The summed E-state index contributed by atoms with van der Waals surface area (Å²) in [6.07, 6.45) is -0.621. The van der Waals surface area contributed by atoms with Crippen molar-refractivity contribution in [1.29, 1.82) is 5.26 Å². The Hall–Kier alpha value is -2.28. The molecule has 0 radical (unpaired) electrons. The maximum absolute atomic E-state index is 13.5. The van der Waals surface area contributed by atoms with Crippen LogP contribution in [0.1, 0.15) is 19.3 Å². The zero-order chi connectivity index (χ0) is 18.9. The number of hydrogen-bond acceptors (Lipinski definition) is 5. The average molecular weight is 369 g/mol. The standard InChI is InChI=1S/C16H21F2N5O3/c17-16(18)7-11(8-19)23(9-16)15(26)12-5-10(14(25)21-12)6-13(24)22-3-1-20-2-4-22/h10-12,20H,1-7,9H2,(H,21,25)/t10-,11-,12-/m0/s1. The van der Waals surface area contributed by atoms with E-state index < -0.39 is 48.7 Å². The van der Waals surface area contributed by atoms with Crippen molar-refractivity contribution in [2.75, 3.05) is 32.7 Å². The molecule has 10 heteroatoms. The van der Waals surface area contributed by atoms with Crippen LogP contribution in [-0.4, -0.2) is 78.3 Å². The van der Waals surface area contributed by atoms with E-state index in [0.717, 1.165) is 4.90 Å². The summed E-state index contributed by atoms with van der Waals surface area (Å²) in [7, 11) is 0. The second-order valence-electron chi connectivity index (χ2n) is 7.00. The van der Waals surface area contributed by atoms with Crippen LogP contribution in [0.25, 0.3) is 0 Å². The molecule has 0 aliphatic carbocycles. The van der Waals surface area contributed by atoms with E-state index >= 15 is 0 Å². The smallest absolute Gasteiger partial charge is 0.268 e. The van der Waals surface area contributed by atoms with Gasteiger partial charge in [0.25, 0.3) is 5.92 Å². The van der Waals surface area contributed by atoms with E-state index in [4.69, 9.17) is 5.26 Å². The molecule has 0 bridgehead atoms. The minimum absolute atomic E-state index is 0.00650. The highest BCUT2D eigenvalue weighted by atomic mass is 19.3. The molecule has 3 aliphatic rings. The van der Waals surface area contributed by atoms with Gasteiger partial charge < -0.3 is 20.4 Å². The van der Waals surface area contributed by atoms with E-state index in [-0.39, 0.29) is 18.7 Å². The van der Waals surface area contributed by atoms with Crippen molar-refractivity contribution in [3.05, 3.63) is 0 Å². The Balaban J connectivity index is 1.59. The van der Waals surface area contributed by atoms with Gasteiger partial charge in [-0.05, 0) is 6.42 Å². The Labute approximate surface area is 149 Å². The molecule has 3 aliphatic heterocycles. The molecule has 0 unspecified atom stereocenters.